The molecule has 0 saturated carbocycles. The molecular weight excluding hydrogens is 260 g/mol. The zero-order valence-corrected chi connectivity index (χ0v) is 12.1. The molecule has 1 amide bonds. The van der Waals surface area contributed by atoms with Gasteiger partial charge in [-0.1, -0.05) is 18.2 Å². The van der Waals surface area contributed by atoms with Gasteiger partial charge in [-0.25, -0.2) is 0 Å². The van der Waals surface area contributed by atoms with Crippen molar-refractivity contribution in [2.24, 2.45) is 0 Å². The van der Waals surface area contributed by atoms with Crippen LogP contribution in [-0.2, 0) is 0 Å². The minimum absolute atomic E-state index is 0.0193. The van der Waals surface area contributed by atoms with Crippen molar-refractivity contribution in [3.05, 3.63) is 41.6 Å². The molecule has 1 atom stereocenters. The van der Waals surface area contributed by atoms with Crippen molar-refractivity contribution in [3.63, 3.8) is 0 Å². The first-order valence-corrected chi connectivity index (χ1v) is 6.68. The molecule has 2 aromatic rings. The lowest BCUT2D eigenvalue weighted by atomic mass is 10.1. The summed E-state index contributed by atoms with van der Waals surface area (Å²) >= 11 is 5.95. The van der Waals surface area contributed by atoms with Gasteiger partial charge in [0.2, 0.25) is 0 Å². The van der Waals surface area contributed by atoms with Crippen molar-refractivity contribution in [2.45, 2.75) is 19.2 Å². The average Bonchev–Trinajstić information content (AvgIpc) is 2.36. The molecule has 0 spiro atoms. The number of carbonyl (C=O) groups excluding carboxylic acids is 1. The smallest absolute Gasteiger partial charge is 0.254 e. The molecule has 19 heavy (non-hydrogen) atoms. The first kappa shape index (κ1) is 13.8. The summed E-state index contributed by atoms with van der Waals surface area (Å²) in [5.41, 5.74) is 2.37. The fourth-order valence-corrected chi connectivity index (χ4v) is 2.36. The molecule has 0 saturated heterocycles. The van der Waals surface area contributed by atoms with E-state index in [0.29, 0.717) is 12.1 Å². The number of benzene rings is 1. The van der Waals surface area contributed by atoms with E-state index in [4.69, 9.17) is 11.6 Å². The molecular formula is C15H17ClN2O. The largest absolute Gasteiger partial charge is 0.340 e. The van der Waals surface area contributed by atoms with Crippen molar-refractivity contribution >= 4 is 28.4 Å². The van der Waals surface area contributed by atoms with Crippen molar-refractivity contribution in [2.75, 3.05) is 13.6 Å². The van der Waals surface area contributed by atoms with E-state index < -0.39 is 0 Å². The maximum Gasteiger partial charge on any atom is 0.254 e. The molecule has 1 aromatic heterocycles. The second-order valence-corrected chi connectivity index (χ2v) is 5.54. The van der Waals surface area contributed by atoms with Crippen molar-refractivity contribution in [3.8, 4) is 0 Å². The van der Waals surface area contributed by atoms with E-state index in [9.17, 15) is 4.79 Å². The molecule has 0 fully saturated rings. The summed E-state index contributed by atoms with van der Waals surface area (Å²) in [5, 5.41) is 0.815. The highest BCUT2D eigenvalue weighted by atomic mass is 35.5. The molecule has 3 nitrogen and oxygen atoms in total. The minimum Gasteiger partial charge on any atom is -0.340 e. The Bertz CT molecular complexity index is 610. The molecule has 4 heteroatoms. The molecule has 0 bridgehead atoms. The number of nitrogens with zero attached hydrogens (tertiary/aromatic N) is 2. The lowest BCUT2D eigenvalue weighted by Crippen LogP contribution is -2.31. The number of fused-ring (bicyclic) bond motifs is 1. The zero-order chi connectivity index (χ0) is 14.0. The van der Waals surface area contributed by atoms with Crippen LogP contribution in [0.4, 0.5) is 0 Å². The maximum absolute atomic E-state index is 12.5. The van der Waals surface area contributed by atoms with Crippen LogP contribution >= 0.6 is 11.6 Å². The number of carbonyl (C=O) groups is 1. The Morgan fingerprint density at radius 3 is 2.79 bits per heavy atom. The van der Waals surface area contributed by atoms with Gasteiger partial charge in [0.1, 0.15) is 0 Å². The molecule has 2 rings (SSSR count). The quantitative estimate of drug-likeness (QED) is 0.807. The second kappa shape index (κ2) is 5.57. The third kappa shape index (κ3) is 3.04. The Hall–Kier alpha value is -1.61. The van der Waals surface area contributed by atoms with Gasteiger partial charge in [-0.15, -0.1) is 11.6 Å². The number of hydrogen-bond donors (Lipinski definition) is 0. The van der Waals surface area contributed by atoms with E-state index in [0.717, 1.165) is 16.6 Å². The van der Waals surface area contributed by atoms with Gasteiger partial charge >= 0.3 is 0 Å². The average molecular weight is 277 g/mol. The highest BCUT2D eigenvalue weighted by molar-refractivity contribution is 6.20. The van der Waals surface area contributed by atoms with Crippen LogP contribution in [0.15, 0.2) is 30.3 Å². The third-order valence-corrected chi connectivity index (χ3v) is 3.08. The Kier molecular flexibility index (Phi) is 4.05. The van der Waals surface area contributed by atoms with Crippen molar-refractivity contribution < 1.29 is 4.79 Å². The van der Waals surface area contributed by atoms with E-state index in [2.05, 4.69) is 4.98 Å². The Labute approximate surface area is 118 Å². The monoisotopic (exact) mass is 276 g/mol. The minimum atomic E-state index is -0.0665. The number of aryl methyl sites for hydroxylation is 1. The third-order valence-electron chi connectivity index (χ3n) is 2.95. The molecule has 1 heterocycles. The maximum atomic E-state index is 12.5. The van der Waals surface area contributed by atoms with Gasteiger partial charge in [-0.2, -0.15) is 0 Å². The van der Waals surface area contributed by atoms with E-state index >= 15 is 0 Å². The summed E-state index contributed by atoms with van der Waals surface area (Å²) in [7, 11) is 1.77. The predicted molar refractivity (Wildman–Crippen MR) is 78.8 cm³/mol. The number of hydrogen-bond acceptors (Lipinski definition) is 2. The number of alkyl halides is 1. The van der Waals surface area contributed by atoms with Gasteiger partial charge in [-0.05, 0) is 26.0 Å². The lowest BCUT2D eigenvalue weighted by molar-refractivity contribution is 0.0798. The number of rotatable bonds is 3. The van der Waals surface area contributed by atoms with Crippen molar-refractivity contribution in [1.82, 2.24) is 9.88 Å². The Morgan fingerprint density at radius 2 is 2.11 bits per heavy atom. The molecule has 0 aliphatic rings. The van der Waals surface area contributed by atoms with Crippen LogP contribution in [0, 0.1) is 6.92 Å². The van der Waals surface area contributed by atoms with Gasteiger partial charge in [0.25, 0.3) is 5.91 Å². The molecule has 0 radical (unpaired) electrons. The molecule has 0 aliphatic heterocycles. The van der Waals surface area contributed by atoms with Gasteiger partial charge < -0.3 is 4.90 Å². The summed E-state index contributed by atoms with van der Waals surface area (Å²) in [6.45, 7) is 4.30. The van der Waals surface area contributed by atoms with E-state index in [1.54, 1.807) is 11.9 Å². The Morgan fingerprint density at radius 1 is 1.42 bits per heavy atom. The second-order valence-electron chi connectivity index (χ2n) is 4.79. The summed E-state index contributed by atoms with van der Waals surface area (Å²) in [5.74, 6) is -0.0193. The fraction of sp³-hybridized carbons (Fsp3) is 0.333. The van der Waals surface area contributed by atoms with Crippen LogP contribution in [0.5, 0.6) is 0 Å². The van der Waals surface area contributed by atoms with E-state index in [-0.39, 0.29) is 11.3 Å². The normalized spacial score (nSPS) is 12.4. The first-order valence-electron chi connectivity index (χ1n) is 6.25. The van der Waals surface area contributed by atoms with Gasteiger partial charge in [0, 0.05) is 30.0 Å². The highest BCUT2D eigenvalue weighted by Crippen LogP contribution is 2.19. The number of amides is 1. The van der Waals surface area contributed by atoms with Crippen molar-refractivity contribution in [1.29, 1.82) is 0 Å². The zero-order valence-electron chi connectivity index (χ0n) is 11.4. The van der Waals surface area contributed by atoms with Crippen LogP contribution in [-0.4, -0.2) is 34.8 Å². The van der Waals surface area contributed by atoms with Crippen LogP contribution in [0.1, 0.15) is 23.0 Å². The number of pyridine rings is 1. The molecule has 1 aromatic carbocycles. The predicted octanol–water partition coefficient (Wildman–Crippen LogP) is 3.24. The van der Waals surface area contributed by atoms with Crippen LogP contribution in [0.25, 0.3) is 10.9 Å². The topological polar surface area (TPSA) is 33.2 Å². The number of halogens is 1. The summed E-state index contributed by atoms with van der Waals surface area (Å²) < 4.78 is 0. The van der Waals surface area contributed by atoms with Gasteiger partial charge in [0.05, 0.1) is 11.1 Å². The number of para-hydroxylation sites is 1. The highest BCUT2D eigenvalue weighted by Gasteiger charge is 2.17. The molecule has 100 valence electrons. The lowest BCUT2D eigenvalue weighted by Gasteiger charge is -2.19. The summed E-state index contributed by atoms with van der Waals surface area (Å²) in [6, 6.07) is 9.52. The van der Waals surface area contributed by atoms with Crippen LogP contribution < -0.4 is 0 Å². The summed E-state index contributed by atoms with van der Waals surface area (Å²) in [6.07, 6.45) is 0. The fourth-order valence-electron chi connectivity index (χ4n) is 2.15. The Balaban J connectivity index is 2.47. The van der Waals surface area contributed by atoms with E-state index in [1.165, 1.54) is 0 Å². The van der Waals surface area contributed by atoms with Gasteiger partial charge in [-0.3, -0.25) is 9.78 Å². The standard InChI is InChI=1S/C15H17ClN2O/c1-10(16)9-18(3)15(19)13-8-11(2)17-14-7-5-4-6-12(13)14/h4-8,10H,9H2,1-3H3. The van der Waals surface area contributed by atoms with Crippen LogP contribution in [0.3, 0.4) is 0 Å². The molecule has 0 aliphatic carbocycles. The molecule has 1 unspecified atom stereocenters. The first-order chi connectivity index (χ1) is 8.99. The summed E-state index contributed by atoms with van der Waals surface area (Å²) in [4.78, 5) is 18.6. The van der Waals surface area contributed by atoms with E-state index in [1.807, 2.05) is 44.2 Å². The van der Waals surface area contributed by atoms with Crippen LogP contribution in [0.2, 0.25) is 0 Å². The molecule has 0 N–H and O–H groups in total. The SMILES string of the molecule is Cc1cc(C(=O)N(C)CC(C)Cl)c2ccccc2n1. The number of aromatic nitrogens is 1. The van der Waals surface area contributed by atoms with Gasteiger partial charge in [0.15, 0.2) is 0 Å².